The molecule has 4 rings (SSSR count). The minimum atomic E-state index is -0.866. The average Bonchev–Trinajstić information content (AvgIpc) is 3.24. The van der Waals surface area contributed by atoms with E-state index in [0.717, 1.165) is 25.9 Å². The number of rotatable bonds is 12. The van der Waals surface area contributed by atoms with Gasteiger partial charge in [0.25, 0.3) is 11.7 Å². The van der Waals surface area contributed by atoms with Gasteiger partial charge < -0.3 is 33.7 Å². The summed E-state index contributed by atoms with van der Waals surface area (Å²) in [4.78, 5) is 30.6. The van der Waals surface area contributed by atoms with Crippen molar-refractivity contribution in [2.75, 3.05) is 67.3 Å². The van der Waals surface area contributed by atoms with Gasteiger partial charge in [0.15, 0.2) is 11.5 Å². The lowest BCUT2D eigenvalue weighted by molar-refractivity contribution is -0.140. The summed E-state index contributed by atoms with van der Waals surface area (Å²) in [5.41, 5.74) is 0.962. The van der Waals surface area contributed by atoms with Gasteiger partial charge in [-0.2, -0.15) is 0 Å². The number of ether oxygens (including phenoxy) is 5. The van der Waals surface area contributed by atoms with Crippen molar-refractivity contribution in [3.8, 4) is 23.0 Å². The van der Waals surface area contributed by atoms with E-state index in [9.17, 15) is 14.7 Å². The number of nitrogens with zero attached hydrogens (tertiary/aromatic N) is 2. The molecule has 0 aliphatic carbocycles. The molecule has 2 saturated heterocycles. The quantitative estimate of drug-likeness (QED) is 0.182. The predicted molar refractivity (Wildman–Crippen MR) is 149 cm³/mol. The molecule has 1 atom stereocenters. The zero-order valence-electron chi connectivity index (χ0n) is 23.6. The molecule has 0 aromatic heterocycles. The molecule has 40 heavy (non-hydrogen) atoms. The Kier molecular flexibility index (Phi) is 9.89. The zero-order valence-corrected chi connectivity index (χ0v) is 23.6. The molecule has 0 spiro atoms. The lowest BCUT2D eigenvalue weighted by Crippen LogP contribution is -2.42. The van der Waals surface area contributed by atoms with Crippen LogP contribution < -0.4 is 18.9 Å². The molecular weight excluding hydrogens is 516 g/mol. The van der Waals surface area contributed by atoms with Gasteiger partial charge in [-0.1, -0.05) is 13.3 Å². The molecule has 10 heteroatoms. The summed E-state index contributed by atoms with van der Waals surface area (Å²) in [6.45, 7) is 6.24. The van der Waals surface area contributed by atoms with Gasteiger partial charge >= 0.3 is 0 Å². The second kappa shape index (κ2) is 13.5. The number of Topliss-reactive ketones (excluding diaryl/α,β-unsaturated/α-hetero) is 1. The zero-order chi connectivity index (χ0) is 28.6. The molecule has 0 radical (unpaired) electrons. The van der Waals surface area contributed by atoms with Crippen LogP contribution in [-0.4, -0.2) is 93.9 Å². The highest BCUT2D eigenvalue weighted by molar-refractivity contribution is 6.46. The van der Waals surface area contributed by atoms with Crippen LogP contribution in [0.5, 0.6) is 23.0 Å². The number of hydrogen-bond acceptors (Lipinski definition) is 9. The highest BCUT2D eigenvalue weighted by Crippen LogP contribution is 2.45. The van der Waals surface area contributed by atoms with Gasteiger partial charge in [-0.05, 0) is 48.4 Å². The Morgan fingerprint density at radius 3 is 2.20 bits per heavy atom. The van der Waals surface area contributed by atoms with Crippen LogP contribution in [0.2, 0.25) is 0 Å². The molecule has 0 saturated carbocycles. The summed E-state index contributed by atoms with van der Waals surface area (Å²) in [5.74, 6) is 0.129. The van der Waals surface area contributed by atoms with E-state index in [-0.39, 0.29) is 17.9 Å². The lowest BCUT2D eigenvalue weighted by Gasteiger charge is -2.31. The first kappa shape index (κ1) is 29.2. The Morgan fingerprint density at radius 2 is 1.62 bits per heavy atom. The summed E-state index contributed by atoms with van der Waals surface area (Å²) >= 11 is 0. The maximum atomic E-state index is 13.5. The number of carbonyl (C=O) groups is 2. The number of unbranched alkanes of at least 4 members (excludes halogenated alkanes) is 1. The number of hydrogen-bond donors (Lipinski definition) is 1. The van der Waals surface area contributed by atoms with Gasteiger partial charge in [-0.25, -0.2) is 0 Å². The Bertz CT molecular complexity index is 1200. The molecule has 1 unspecified atom stereocenters. The second-order valence-electron chi connectivity index (χ2n) is 9.63. The largest absolute Gasteiger partial charge is 0.507 e. The third-order valence-corrected chi connectivity index (χ3v) is 7.20. The third kappa shape index (κ3) is 6.18. The van der Waals surface area contributed by atoms with E-state index in [2.05, 4.69) is 11.8 Å². The van der Waals surface area contributed by atoms with E-state index in [1.807, 2.05) is 0 Å². The van der Waals surface area contributed by atoms with Gasteiger partial charge in [-0.3, -0.25) is 14.5 Å². The monoisotopic (exact) mass is 554 g/mol. The molecule has 1 amide bonds. The third-order valence-electron chi connectivity index (χ3n) is 7.20. The summed E-state index contributed by atoms with van der Waals surface area (Å²) in [6, 6.07) is 9.40. The molecule has 0 bridgehead atoms. The maximum Gasteiger partial charge on any atom is 0.295 e. The van der Waals surface area contributed by atoms with Gasteiger partial charge in [-0.15, -0.1) is 0 Å². The number of aliphatic hydroxyl groups is 1. The smallest absolute Gasteiger partial charge is 0.295 e. The van der Waals surface area contributed by atoms with Crippen LogP contribution in [0, 0.1) is 0 Å². The number of likely N-dealkylation sites (tertiary alicyclic amines) is 1. The Balaban J connectivity index is 1.76. The SMILES string of the molecule is CCCCOc1ccc(/C(O)=C2\C(=O)C(=O)N(CCN3CCOCC3)C2c2cc(OC)c(OC)c(OC)c2)cc1. The van der Waals surface area contributed by atoms with Crippen molar-refractivity contribution < 1.29 is 38.4 Å². The van der Waals surface area contributed by atoms with E-state index in [1.54, 1.807) is 36.4 Å². The number of amides is 1. The number of morpholine rings is 1. The van der Waals surface area contributed by atoms with Crippen molar-refractivity contribution in [1.82, 2.24) is 9.80 Å². The van der Waals surface area contributed by atoms with Crippen molar-refractivity contribution in [3.05, 3.63) is 53.1 Å². The highest BCUT2D eigenvalue weighted by Gasteiger charge is 2.46. The minimum Gasteiger partial charge on any atom is -0.507 e. The minimum absolute atomic E-state index is 0.000835. The molecule has 2 aromatic rings. The lowest BCUT2D eigenvalue weighted by atomic mass is 9.94. The van der Waals surface area contributed by atoms with Crippen molar-refractivity contribution >= 4 is 17.4 Å². The fourth-order valence-corrected chi connectivity index (χ4v) is 4.99. The number of aliphatic hydroxyl groups excluding tert-OH is 1. The molecule has 1 N–H and O–H groups in total. The Morgan fingerprint density at radius 1 is 0.975 bits per heavy atom. The van der Waals surface area contributed by atoms with Gasteiger partial charge in [0.1, 0.15) is 11.5 Å². The van der Waals surface area contributed by atoms with Crippen LogP contribution in [0.3, 0.4) is 0 Å². The summed E-state index contributed by atoms with van der Waals surface area (Å²) < 4.78 is 27.7. The average molecular weight is 555 g/mol. The van der Waals surface area contributed by atoms with E-state index >= 15 is 0 Å². The number of carbonyl (C=O) groups excluding carboxylic acids is 2. The van der Waals surface area contributed by atoms with E-state index in [0.29, 0.717) is 60.5 Å². The normalized spacial score (nSPS) is 19.1. The molecule has 2 aliphatic rings. The predicted octanol–water partition coefficient (Wildman–Crippen LogP) is 3.65. The first-order valence-electron chi connectivity index (χ1n) is 13.5. The molecule has 2 heterocycles. The van der Waals surface area contributed by atoms with Gasteiger partial charge in [0, 0.05) is 31.7 Å². The van der Waals surface area contributed by atoms with Crippen LogP contribution in [0.1, 0.15) is 36.9 Å². The fourth-order valence-electron chi connectivity index (χ4n) is 4.99. The second-order valence-corrected chi connectivity index (χ2v) is 9.63. The summed E-state index contributed by atoms with van der Waals surface area (Å²) in [5, 5.41) is 11.5. The maximum absolute atomic E-state index is 13.5. The van der Waals surface area contributed by atoms with Crippen LogP contribution in [-0.2, 0) is 14.3 Å². The molecule has 2 fully saturated rings. The Labute approximate surface area is 235 Å². The standard InChI is InChI=1S/C30H38N2O8/c1-5-6-15-40-22-9-7-20(8-10-22)27(33)25-26(21-18-23(36-2)29(38-4)24(19-21)37-3)32(30(35)28(25)34)12-11-31-13-16-39-17-14-31/h7-10,18-19,26,33H,5-6,11-17H2,1-4H3/b27-25+. The van der Waals surface area contributed by atoms with Crippen LogP contribution in [0.4, 0.5) is 0 Å². The number of ketones is 1. The Hall–Kier alpha value is -3.76. The van der Waals surface area contributed by atoms with Gasteiger partial charge in [0.05, 0.1) is 52.8 Å². The van der Waals surface area contributed by atoms with E-state index < -0.39 is 17.7 Å². The van der Waals surface area contributed by atoms with Crippen molar-refractivity contribution in [2.45, 2.75) is 25.8 Å². The molecule has 2 aliphatic heterocycles. The van der Waals surface area contributed by atoms with Crippen LogP contribution >= 0.6 is 0 Å². The summed E-state index contributed by atoms with van der Waals surface area (Å²) in [6.07, 6.45) is 1.95. The molecule has 2 aromatic carbocycles. The van der Waals surface area contributed by atoms with Crippen molar-refractivity contribution in [2.24, 2.45) is 0 Å². The van der Waals surface area contributed by atoms with E-state index in [1.165, 1.54) is 26.2 Å². The van der Waals surface area contributed by atoms with Crippen molar-refractivity contribution in [3.63, 3.8) is 0 Å². The first-order chi connectivity index (χ1) is 19.4. The fraction of sp³-hybridized carbons (Fsp3) is 0.467. The first-order valence-corrected chi connectivity index (χ1v) is 13.5. The number of benzene rings is 2. The molecule has 216 valence electrons. The van der Waals surface area contributed by atoms with Gasteiger partial charge in [0.2, 0.25) is 5.75 Å². The van der Waals surface area contributed by atoms with Crippen molar-refractivity contribution in [1.29, 1.82) is 0 Å². The number of methoxy groups -OCH3 is 3. The molecule has 10 nitrogen and oxygen atoms in total. The van der Waals surface area contributed by atoms with E-state index in [4.69, 9.17) is 23.7 Å². The highest BCUT2D eigenvalue weighted by atomic mass is 16.5. The van der Waals surface area contributed by atoms with Crippen LogP contribution in [0.25, 0.3) is 5.76 Å². The molecular formula is C30H38N2O8. The summed E-state index contributed by atoms with van der Waals surface area (Å²) in [7, 11) is 4.51. The topological polar surface area (TPSA) is 107 Å². The van der Waals surface area contributed by atoms with Crippen LogP contribution in [0.15, 0.2) is 42.0 Å².